The molecule has 1 aromatic heterocycles. The second-order valence-corrected chi connectivity index (χ2v) is 5.96. The van der Waals surface area contributed by atoms with E-state index in [0.29, 0.717) is 22.8 Å². The molecule has 0 bridgehead atoms. The molecule has 0 aliphatic carbocycles. The maximum Gasteiger partial charge on any atom is 0.322 e. The number of aryl methyl sites for hydroxylation is 2. The van der Waals surface area contributed by atoms with Crippen molar-refractivity contribution in [3.63, 3.8) is 0 Å². The van der Waals surface area contributed by atoms with E-state index in [1.54, 1.807) is 26.0 Å². The molecule has 0 saturated carbocycles. The lowest BCUT2D eigenvalue weighted by atomic mass is 10.2. The number of hydrogen-bond acceptors (Lipinski definition) is 4. The van der Waals surface area contributed by atoms with Gasteiger partial charge in [-0.2, -0.15) is 9.97 Å². The van der Waals surface area contributed by atoms with Crippen LogP contribution in [0.4, 0.5) is 14.5 Å². The fraction of sp³-hybridized carbons (Fsp3) is 0.0952. The Labute approximate surface area is 160 Å². The minimum absolute atomic E-state index is 0.0218. The summed E-state index contributed by atoms with van der Waals surface area (Å²) < 4.78 is 32.4. The first-order valence-electron chi connectivity index (χ1n) is 8.44. The SMILES string of the molecule is Cc1nc(Oc2ccccc2)nc(C)c1NC(=O)/C=C/c1cc(F)ccc1F. The van der Waals surface area contributed by atoms with E-state index in [0.717, 1.165) is 24.3 Å². The van der Waals surface area contributed by atoms with Crippen LogP contribution in [-0.4, -0.2) is 15.9 Å². The summed E-state index contributed by atoms with van der Waals surface area (Å²) >= 11 is 0. The Balaban J connectivity index is 1.74. The van der Waals surface area contributed by atoms with Crippen LogP contribution in [0, 0.1) is 25.5 Å². The quantitative estimate of drug-likeness (QED) is 0.644. The molecule has 3 aromatic rings. The van der Waals surface area contributed by atoms with Crippen molar-refractivity contribution < 1.29 is 18.3 Å². The van der Waals surface area contributed by atoms with Crippen LogP contribution in [0.5, 0.6) is 11.8 Å². The molecule has 0 radical (unpaired) electrons. The second-order valence-electron chi connectivity index (χ2n) is 5.96. The zero-order chi connectivity index (χ0) is 20.1. The maximum atomic E-state index is 13.6. The summed E-state index contributed by atoms with van der Waals surface area (Å²) in [4.78, 5) is 20.7. The predicted octanol–water partition coefficient (Wildman–Crippen LogP) is 4.82. The highest BCUT2D eigenvalue weighted by molar-refractivity contribution is 6.02. The summed E-state index contributed by atoms with van der Waals surface area (Å²) in [7, 11) is 0. The molecule has 1 N–H and O–H groups in total. The number of amides is 1. The third-order valence-corrected chi connectivity index (χ3v) is 3.82. The van der Waals surface area contributed by atoms with Crippen molar-refractivity contribution in [2.75, 3.05) is 5.32 Å². The van der Waals surface area contributed by atoms with Gasteiger partial charge in [0.2, 0.25) is 5.91 Å². The summed E-state index contributed by atoms with van der Waals surface area (Å²) in [6, 6.07) is 12.3. The Morgan fingerprint density at radius 3 is 2.39 bits per heavy atom. The zero-order valence-corrected chi connectivity index (χ0v) is 15.2. The van der Waals surface area contributed by atoms with E-state index in [2.05, 4.69) is 15.3 Å². The van der Waals surface area contributed by atoms with Gasteiger partial charge < -0.3 is 10.1 Å². The Morgan fingerprint density at radius 2 is 1.71 bits per heavy atom. The summed E-state index contributed by atoms with van der Waals surface area (Å²) in [6.45, 7) is 3.41. The zero-order valence-electron chi connectivity index (χ0n) is 15.2. The van der Waals surface area contributed by atoms with Gasteiger partial charge in [-0.25, -0.2) is 8.78 Å². The Bertz CT molecular complexity index is 1010. The molecule has 142 valence electrons. The number of rotatable bonds is 5. The minimum atomic E-state index is -0.622. The molecule has 28 heavy (non-hydrogen) atoms. The van der Waals surface area contributed by atoms with Gasteiger partial charge in [-0.1, -0.05) is 18.2 Å². The van der Waals surface area contributed by atoms with Gasteiger partial charge in [-0.3, -0.25) is 4.79 Å². The van der Waals surface area contributed by atoms with E-state index in [-0.39, 0.29) is 11.6 Å². The summed E-state index contributed by atoms with van der Waals surface area (Å²) in [5.74, 6) is -1.13. The van der Waals surface area contributed by atoms with Gasteiger partial charge in [0.05, 0.1) is 17.1 Å². The molecule has 0 fully saturated rings. The molecule has 0 aliphatic rings. The van der Waals surface area contributed by atoms with Gasteiger partial charge in [0.1, 0.15) is 17.4 Å². The van der Waals surface area contributed by atoms with E-state index >= 15 is 0 Å². The fourth-order valence-electron chi connectivity index (χ4n) is 2.48. The lowest BCUT2D eigenvalue weighted by Gasteiger charge is -2.11. The first kappa shape index (κ1) is 19.2. The number of anilines is 1. The molecular formula is C21H17F2N3O2. The van der Waals surface area contributed by atoms with E-state index < -0.39 is 17.5 Å². The number of nitrogens with one attached hydrogen (secondary N) is 1. The number of carbonyl (C=O) groups is 1. The molecule has 0 atom stereocenters. The van der Waals surface area contributed by atoms with Gasteiger partial charge in [-0.15, -0.1) is 0 Å². The number of halogens is 2. The third-order valence-electron chi connectivity index (χ3n) is 3.82. The lowest BCUT2D eigenvalue weighted by Crippen LogP contribution is -2.12. The van der Waals surface area contributed by atoms with Crippen LogP contribution >= 0.6 is 0 Å². The third kappa shape index (κ3) is 4.76. The minimum Gasteiger partial charge on any atom is -0.424 e. The van der Waals surface area contributed by atoms with Crippen molar-refractivity contribution in [1.29, 1.82) is 0 Å². The number of ether oxygens (including phenoxy) is 1. The topological polar surface area (TPSA) is 64.1 Å². The van der Waals surface area contributed by atoms with Gasteiger partial charge >= 0.3 is 6.01 Å². The van der Waals surface area contributed by atoms with Crippen molar-refractivity contribution >= 4 is 17.7 Å². The van der Waals surface area contributed by atoms with Crippen molar-refractivity contribution in [2.45, 2.75) is 13.8 Å². The normalized spacial score (nSPS) is 10.9. The average molecular weight is 381 g/mol. The molecule has 0 saturated heterocycles. The molecular weight excluding hydrogens is 364 g/mol. The summed E-state index contributed by atoms with van der Waals surface area (Å²) in [5, 5.41) is 2.65. The standard InChI is InChI=1S/C21H17F2N3O2/c1-13-20(14(2)25-21(24-13)28-17-6-4-3-5-7-17)26-19(27)11-8-15-12-16(22)9-10-18(15)23/h3-12H,1-2H3,(H,26,27)/b11-8+. The van der Waals surface area contributed by atoms with Crippen molar-refractivity contribution in [2.24, 2.45) is 0 Å². The average Bonchev–Trinajstić information content (AvgIpc) is 2.66. The molecule has 0 aliphatic heterocycles. The second kappa shape index (κ2) is 8.39. The molecule has 5 nitrogen and oxygen atoms in total. The van der Waals surface area contributed by atoms with Crippen LogP contribution in [0.2, 0.25) is 0 Å². The molecule has 1 heterocycles. The molecule has 0 spiro atoms. The number of benzene rings is 2. The predicted molar refractivity (Wildman–Crippen MR) is 102 cm³/mol. The smallest absolute Gasteiger partial charge is 0.322 e. The highest BCUT2D eigenvalue weighted by Crippen LogP contribution is 2.23. The van der Waals surface area contributed by atoms with Gasteiger partial charge in [0.15, 0.2) is 0 Å². The van der Waals surface area contributed by atoms with Gasteiger partial charge in [0.25, 0.3) is 0 Å². The molecule has 1 amide bonds. The molecule has 7 heteroatoms. The first-order valence-corrected chi connectivity index (χ1v) is 8.44. The van der Waals surface area contributed by atoms with Crippen LogP contribution in [-0.2, 0) is 4.79 Å². The van der Waals surface area contributed by atoms with Crippen LogP contribution in [0.1, 0.15) is 17.0 Å². The summed E-state index contributed by atoms with van der Waals surface area (Å²) in [5.41, 5.74) is 1.43. The Hall–Kier alpha value is -3.61. The van der Waals surface area contributed by atoms with E-state index in [1.165, 1.54) is 6.08 Å². The van der Waals surface area contributed by atoms with E-state index in [4.69, 9.17) is 4.74 Å². The van der Waals surface area contributed by atoms with Crippen LogP contribution in [0.15, 0.2) is 54.6 Å². The number of nitrogens with zero attached hydrogens (tertiary/aromatic N) is 2. The first-order chi connectivity index (χ1) is 13.4. The van der Waals surface area contributed by atoms with Gasteiger partial charge in [-0.05, 0) is 50.3 Å². The fourth-order valence-corrected chi connectivity index (χ4v) is 2.48. The Kier molecular flexibility index (Phi) is 5.74. The largest absolute Gasteiger partial charge is 0.424 e. The molecule has 3 rings (SSSR count). The number of carbonyl (C=O) groups excluding carboxylic acids is 1. The molecule has 0 unspecified atom stereocenters. The van der Waals surface area contributed by atoms with Crippen LogP contribution in [0.3, 0.4) is 0 Å². The Morgan fingerprint density at radius 1 is 1.04 bits per heavy atom. The number of para-hydroxylation sites is 1. The highest BCUT2D eigenvalue weighted by atomic mass is 19.1. The monoisotopic (exact) mass is 381 g/mol. The van der Waals surface area contributed by atoms with Crippen molar-refractivity contribution in [3.05, 3.63) is 83.2 Å². The summed E-state index contributed by atoms with van der Waals surface area (Å²) in [6.07, 6.45) is 2.32. The van der Waals surface area contributed by atoms with E-state index in [9.17, 15) is 13.6 Å². The van der Waals surface area contributed by atoms with Gasteiger partial charge in [0, 0.05) is 11.6 Å². The van der Waals surface area contributed by atoms with Crippen LogP contribution < -0.4 is 10.1 Å². The highest BCUT2D eigenvalue weighted by Gasteiger charge is 2.12. The number of aromatic nitrogens is 2. The van der Waals surface area contributed by atoms with Crippen molar-refractivity contribution in [3.8, 4) is 11.8 Å². The number of hydrogen-bond donors (Lipinski definition) is 1. The molecule has 2 aromatic carbocycles. The lowest BCUT2D eigenvalue weighted by molar-refractivity contribution is -0.111. The van der Waals surface area contributed by atoms with E-state index in [1.807, 2.05) is 18.2 Å². The van der Waals surface area contributed by atoms with Crippen molar-refractivity contribution in [1.82, 2.24) is 9.97 Å². The maximum absolute atomic E-state index is 13.6. The van der Waals surface area contributed by atoms with Crippen LogP contribution in [0.25, 0.3) is 6.08 Å².